The molecule has 0 unspecified atom stereocenters. The van der Waals surface area contributed by atoms with E-state index in [4.69, 9.17) is 0 Å². The SMILES string of the molecule is COC(=O)[C@@H](C)CCSSCC[C@H](C)C(=O)OC. The minimum atomic E-state index is -0.153. The Morgan fingerprint density at radius 2 is 1.22 bits per heavy atom. The van der Waals surface area contributed by atoms with Crippen LogP contribution in [0.15, 0.2) is 0 Å². The van der Waals surface area contributed by atoms with Crippen LogP contribution in [0.5, 0.6) is 0 Å². The van der Waals surface area contributed by atoms with Gasteiger partial charge in [-0.1, -0.05) is 35.4 Å². The molecule has 0 radical (unpaired) electrons. The number of hydrogen-bond donors (Lipinski definition) is 0. The Kier molecular flexibility index (Phi) is 10.3. The van der Waals surface area contributed by atoms with Gasteiger partial charge in [-0.25, -0.2) is 0 Å². The van der Waals surface area contributed by atoms with Crippen molar-refractivity contribution in [3.63, 3.8) is 0 Å². The highest BCUT2D eigenvalue weighted by Crippen LogP contribution is 2.25. The zero-order valence-electron chi connectivity index (χ0n) is 11.4. The van der Waals surface area contributed by atoms with Gasteiger partial charge < -0.3 is 9.47 Å². The van der Waals surface area contributed by atoms with Crippen molar-refractivity contribution in [3.05, 3.63) is 0 Å². The fourth-order valence-corrected chi connectivity index (χ4v) is 3.63. The summed E-state index contributed by atoms with van der Waals surface area (Å²) in [5.74, 6) is 1.43. The fourth-order valence-electron chi connectivity index (χ4n) is 1.21. The molecule has 0 aromatic carbocycles. The zero-order chi connectivity index (χ0) is 14.0. The minimum absolute atomic E-state index is 0.0444. The molecule has 0 spiro atoms. The van der Waals surface area contributed by atoms with Crippen molar-refractivity contribution in [2.24, 2.45) is 11.8 Å². The standard InChI is InChI=1S/C12H22O4S2/c1-9(11(13)15-3)5-7-17-18-8-6-10(2)12(14)16-4/h9-10H,5-8H2,1-4H3/t9-,10-/m0/s1. The highest BCUT2D eigenvalue weighted by molar-refractivity contribution is 8.76. The average Bonchev–Trinajstić information content (AvgIpc) is 2.39. The van der Waals surface area contributed by atoms with Gasteiger partial charge >= 0.3 is 11.9 Å². The molecule has 0 aromatic rings. The first-order chi connectivity index (χ1) is 8.52. The van der Waals surface area contributed by atoms with Crippen LogP contribution in [0, 0.1) is 11.8 Å². The van der Waals surface area contributed by atoms with Crippen LogP contribution < -0.4 is 0 Å². The van der Waals surface area contributed by atoms with Crippen molar-refractivity contribution in [2.45, 2.75) is 26.7 Å². The van der Waals surface area contributed by atoms with Crippen LogP contribution in [-0.2, 0) is 19.1 Å². The maximum absolute atomic E-state index is 11.1. The molecule has 0 saturated heterocycles. The van der Waals surface area contributed by atoms with Crippen LogP contribution in [0.2, 0.25) is 0 Å². The van der Waals surface area contributed by atoms with E-state index < -0.39 is 0 Å². The van der Waals surface area contributed by atoms with Crippen LogP contribution in [0.1, 0.15) is 26.7 Å². The number of esters is 2. The molecular formula is C12H22O4S2. The Labute approximate surface area is 117 Å². The van der Waals surface area contributed by atoms with Crippen LogP contribution >= 0.6 is 21.6 Å². The lowest BCUT2D eigenvalue weighted by Gasteiger charge is -2.09. The molecule has 0 aliphatic rings. The summed E-state index contributed by atoms with van der Waals surface area (Å²) in [4.78, 5) is 22.3. The molecule has 0 amide bonds. The van der Waals surface area contributed by atoms with Gasteiger partial charge in [0.25, 0.3) is 0 Å². The van der Waals surface area contributed by atoms with Crippen molar-refractivity contribution in [2.75, 3.05) is 25.7 Å². The number of carbonyl (C=O) groups excluding carboxylic acids is 2. The topological polar surface area (TPSA) is 52.6 Å². The second-order valence-corrected chi connectivity index (χ2v) is 6.77. The number of rotatable bonds is 9. The maximum Gasteiger partial charge on any atom is 0.308 e. The molecule has 0 aliphatic heterocycles. The summed E-state index contributed by atoms with van der Waals surface area (Å²) in [6, 6.07) is 0. The lowest BCUT2D eigenvalue weighted by atomic mass is 10.1. The summed E-state index contributed by atoms with van der Waals surface area (Å²) in [6.45, 7) is 3.74. The van der Waals surface area contributed by atoms with Gasteiger partial charge in [0.1, 0.15) is 0 Å². The fraction of sp³-hybridized carbons (Fsp3) is 0.833. The Morgan fingerprint density at radius 3 is 1.50 bits per heavy atom. The summed E-state index contributed by atoms with van der Waals surface area (Å²) in [5.41, 5.74) is 0. The second kappa shape index (κ2) is 10.6. The first-order valence-corrected chi connectivity index (χ1v) is 8.41. The lowest BCUT2D eigenvalue weighted by molar-refractivity contribution is -0.145. The van der Waals surface area contributed by atoms with Crippen molar-refractivity contribution < 1.29 is 19.1 Å². The Bertz CT molecular complexity index is 232. The molecule has 0 fully saturated rings. The van der Waals surface area contributed by atoms with Crippen molar-refractivity contribution in [1.29, 1.82) is 0 Å². The largest absolute Gasteiger partial charge is 0.469 e. The normalized spacial score (nSPS) is 13.8. The van der Waals surface area contributed by atoms with Gasteiger partial charge in [0.15, 0.2) is 0 Å². The van der Waals surface area contributed by atoms with Gasteiger partial charge in [-0.3, -0.25) is 9.59 Å². The van der Waals surface area contributed by atoms with Gasteiger partial charge in [-0.05, 0) is 12.8 Å². The zero-order valence-corrected chi connectivity index (χ0v) is 13.1. The maximum atomic E-state index is 11.1. The van der Waals surface area contributed by atoms with Gasteiger partial charge in [0.2, 0.25) is 0 Å². The third kappa shape index (κ3) is 7.87. The van der Waals surface area contributed by atoms with E-state index >= 15 is 0 Å². The van der Waals surface area contributed by atoms with E-state index in [0.717, 1.165) is 24.3 Å². The monoisotopic (exact) mass is 294 g/mol. The van der Waals surface area contributed by atoms with Crippen LogP contribution in [0.3, 0.4) is 0 Å². The number of carbonyl (C=O) groups is 2. The summed E-state index contributed by atoms with van der Waals surface area (Å²) in [7, 11) is 6.28. The third-order valence-corrected chi connectivity index (χ3v) is 5.03. The summed E-state index contributed by atoms with van der Waals surface area (Å²) < 4.78 is 9.31. The molecule has 0 rings (SSSR count). The van der Waals surface area contributed by atoms with E-state index in [1.54, 1.807) is 21.6 Å². The number of ether oxygens (including phenoxy) is 2. The van der Waals surface area contributed by atoms with Gasteiger partial charge in [-0.2, -0.15) is 0 Å². The van der Waals surface area contributed by atoms with Gasteiger partial charge in [0.05, 0.1) is 26.1 Å². The van der Waals surface area contributed by atoms with E-state index in [2.05, 4.69) is 9.47 Å². The summed E-state index contributed by atoms with van der Waals surface area (Å²) in [5, 5.41) is 0. The number of hydrogen-bond acceptors (Lipinski definition) is 6. The molecule has 0 heterocycles. The first kappa shape index (κ1) is 17.6. The van der Waals surface area contributed by atoms with E-state index in [-0.39, 0.29) is 23.8 Å². The average molecular weight is 294 g/mol. The van der Waals surface area contributed by atoms with E-state index in [0.29, 0.717) is 0 Å². The van der Waals surface area contributed by atoms with Crippen molar-refractivity contribution in [1.82, 2.24) is 0 Å². The molecule has 18 heavy (non-hydrogen) atoms. The highest BCUT2D eigenvalue weighted by Gasteiger charge is 2.14. The number of methoxy groups -OCH3 is 2. The lowest BCUT2D eigenvalue weighted by Crippen LogP contribution is -2.13. The summed E-state index contributed by atoms with van der Waals surface area (Å²) >= 11 is 0. The summed E-state index contributed by atoms with van der Waals surface area (Å²) in [6.07, 6.45) is 1.63. The molecule has 0 aliphatic carbocycles. The van der Waals surface area contributed by atoms with Crippen molar-refractivity contribution >= 4 is 33.5 Å². The van der Waals surface area contributed by atoms with E-state index in [1.807, 2.05) is 13.8 Å². The van der Waals surface area contributed by atoms with Crippen LogP contribution in [0.4, 0.5) is 0 Å². The molecule has 2 atom stereocenters. The predicted molar refractivity (Wildman–Crippen MR) is 76.5 cm³/mol. The van der Waals surface area contributed by atoms with Crippen molar-refractivity contribution in [3.8, 4) is 0 Å². The molecule has 6 heteroatoms. The Morgan fingerprint density at radius 1 is 0.889 bits per heavy atom. The van der Waals surface area contributed by atoms with Gasteiger partial charge in [-0.15, -0.1) is 0 Å². The third-order valence-electron chi connectivity index (χ3n) is 2.56. The molecule has 0 saturated carbocycles. The molecule has 0 N–H and O–H groups in total. The smallest absolute Gasteiger partial charge is 0.308 e. The Hall–Kier alpha value is -0.360. The first-order valence-electron chi connectivity index (χ1n) is 5.93. The van der Waals surface area contributed by atoms with Crippen LogP contribution in [0.25, 0.3) is 0 Å². The minimum Gasteiger partial charge on any atom is -0.469 e. The van der Waals surface area contributed by atoms with E-state index in [9.17, 15) is 9.59 Å². The van der Waals surface area contributed by atoms with Gasteiger partial charge in [0, 0.05) is 11.5 Å². The molecule has 4 nitrogen and oxygen atoms in total. The molecule has 0 aromatic heterocycles. The van der Waals surface area contributed by atoms with E-state index in [1.165, 1.54) is 14.2 Å². The second-order valence-electron chi connectivity index (χ2n) is 4.07. The molecule has 0 bridgehead atoms. The highest BCUT2D eigenvalue weighted by atomic mass is 33.1. The Balaban J connectivity index is 3.46. The molecule has 106 valence electrons. The van der Waals surface area contributed by atoms with Crippen LogP contribution in [-0.4, -0.2) is 37.7 Å². The predicted octanol–water partition coefficient (Wildman–Crippen LogP) is 2.77. The quantitative estimate of drug-likeness (QED) is 0.370. The molecular weight excluding hydrogens is 272 g/mol.